The Morgan fingerprint density at radius 1 is 1.21 bits per heavy atom. The molecule has 0 aliphatic heterocycles. The molecular weight excluding hydrogens is 265 g/mol. The average Bonchev–Trinajstić information content (AvgIpc) is 2.92. The Morgan fingerprint density at radius 2 is 1.74 bits per heavy atom. The summed E-state index contributed by atoms with van der Waals surface area (Å²) in [6.07, 6.45) is -5.57. The number of nitrogens with one attached hydrogen (secondary N) is 2. The Labute approximate surface area is 108 Å². The number of carbonyl (C=O) groups is 2. The lowest BCUT2D eigenvalue weighted by Crippen LogP contribution is -2.51. The molecule has 0 aromatic heterocycles. The molecule has 0 atom stereocenters. The van der Waals surface area contributed by atoms with E-state index in [4.69, 9.17) is 4.74 Å². The Hall–Kier alpha value is -1.47. The van der Waals surface area contributed by atoms with Crippen LogP contribution in [0.1, 0.15) is 33.6 Å². The van der Waals surface area contributed by atoms with Crippen molar-refractivity contribution in [3.8, 4) is 0 Å². The van der Waals surface area contributed by atoms with Crippen LogP contribution in [-0.2, 0) is 9.53 Å². The van der Waals surface area contributed by atoms with Crippen LogP contribution in [0.15, 0.2) is 0 Å². The van der Waals surface area contributed by atoms with Gasteiger partial charge in [-0.15, -0.1) is 0 Å². The van der Waals surface area contributed by atoms with Crippen LogP contribution in [0, 0.1) is 0 Å². The first kappa shape index (κ1) is 15.6. The monoisotopic (exact) mass is 282 g/mol. The van der Waals surface area contributed by atoms with Gasteiger partial charge in [0.1, 0.15) is 17.7 Å². The Kier molecular flexibility index (Phi) is 4.02. The highest BCUT2D eigenvalue weighted by atomic mass is 19.4. The SMILES string of the molecule is CC(C)(C)OC(=O)NCC(=O)NC1(C(F)(F)F)CC1. The van der Waals surface area contributed by atoms with Gasteiger partial charge in [0.05, 0.1) is 0 Å². The maximum absolute atomic E-state index is 12.6. The molecule has 0 heterocycles. The lowest BCUT2D eigenvalue weighted by Gasteiger charge is -2.22. The minimum absolute atomic E-state index is 0.130. The van der Waals surface area contributed by atoms with Gasteiger partial charge < -0.3 is 15.4 Å². The van der Waals surface area contributed by atoms with Crippen LogP contribution in [-0.4, -0.2) is 35.9 Å². The predicted octanol–water partition coefficient (Wildman–Crippen LogP) is 1.72. The number of hydrogen-bond acceptors (Lipinski definition) is 3. The van der Waals surface area contributed by atoms with Crippen molar-refractivity contribution in [3.63, 3.8) is 0 Å². The summed E-state index contributed by atoms with van der Waals surface area (Å²) in [4.78, 5) is 22.5. The number of hydrogen-bond donors (Lipinski definition) is 2. The summed E-state index contributed by atoms with van der Waals surface area (Å²) in [7, 11) is 0. The van der Waals surface area contributed by atoms with Gasteiger partial charge in [-0.25, -0.2) is 4.79 Å². The number of alkyl carbamates (subject to hydrolysis) is 1. The van der Waals surface area contributed by atoms with E-state index in [0.717, 1.165) is 0 Å². The third-order valence-corrected chi connectivity index (χ3v) is 2.46. The van der Waals surface area contributed by atoms with Crippen LogP contribution in [0.4, 0.5) is 18.0 Å². The molecule has 8 heteroatoms. The fourth-order valence-electron chi connectivity index (χ4n) is 1.38. The van der Waals surface area contributed by atoms with Gasteiger partial charge in [-0.3, -0.25) is 4.79 Å². The van der Waals surface area contributed by atoms with Gasteiger partial charge in [0.2, 0.25) is 5.91 Å². The zero-order valence-corrected chi connectivity index (χ0v) is 11.0. The molecule has 0 bridgehead atoms. The minimum atomic E-state index is -4.46. The van der Waals surface area contributed by atoms with Gasteiger partial charge in [0, 0.05) is 0 Å². The third-order valence-electron chi connectivity index (χ3n) is 2.46. The van der Waals surface area contributed by atoms with Gasteiger partial charge in [0.15, 0.2) is 0 Å². The summed E-state index contributed by atoms with van der Waals surface area (Å²) < 4.78 is 42.5. The number of ether oxygens (including phenoxy) is 1. The molecule has 0 aromatic carbocycles. The summed E-state index contributed by atoms with van der Waals surface area (Å²) in [5.41, 5.74) is -2.84. The number of halogens is 3. The van der Waals surface area contributed by atoms with Crippen LogP contribution in [0.25, 0.3) is 0 Å². The van der Waals surface area contributed by atoms with Crippen molar-refractivity contribution in [1.82, 2.24) is 10.6 Å². The predicted molar refractivity (Wildman–Crippen MR) is 60.4 cm³/mol. The molecule has 1 aliphatic carbocycles. The molecule has 1 fully saturated rings. The van der Waals surface area contributed by atoms with Gasteiger partial charge in [-0.05, 0) is 33.6 Å². The highest BCUT2D eigenvalue weighted by Crippen LogP contribution is 2.48. The van der Waals surface area contributed by atoms with E-state index in [1.54, 1.807) is 20.8 Å². The zero-order chi connectivity index (χ0) is 14.9. The highest BCUT2D eigenvalue weighted by molar-refractivity contribution is 5.83. The first-order valence-electron chi connectivity index (χ1n) is 5.80. The van der Waals surface area contributed by atoms with E-state index >= 15 is 0 Å². The Balaban J connectivity index is 2.36. The lowest BCUT2D eigenvalue weighted by atomic mass is 10.2. The summed E-state index contributed by atoms with van der Waals surface area (Å²) in [6.45, 7) is 4.35. The molecule has 0 radical (unpaired) electrons. The minimum Gasteiger partial charge on any atom is -0.444 e. The van der Waals surface area contributed by atoms with Crippen molar-refractivity contribution in [1.29, 1.82) is 0 Å². The highest BCUT2D eigenvalue weighted by Gasteiger charge is 2.64. The van der Waals surface area contributed by atoms with E-state index in [1.165, 1.54) is 0 Å². The topological polar surface area (TPSA) is 67.4 Å². The molecule has 5 nitrogen and oxygen atoms in total. The van der Waals surface area contributed by atoms with E-state index in [0.29, 0.717) is 0 Å². The van der Waals surface area contributed by atoms with Crippen molar-refractivity contribution in [2.75, 3.05) is 6.54 Å². The van der Waals surface area contributed by atoms with Crippen LogP contribution in [0.3, 0.4) is 0 Å². The maximum Gasteiger partial charge on any atom is 0.411 e. The second kappa shape index (κ2) is 4.90. The van der Waals surface area contributed by atoms with E-state index in [9.17, 15) is 22.8 Å². The molecule has 0 saturated heterocycles. The Bertz CT molecular complexity index is 370. The average molecular weight is 282 g/mol. The fraction of sp³-hybridized carbons (Fsp3) is 0.818. The second-order valence-electron chi connectivity index (χ2n) is 5.48. The zero-order valence-electron chi connectivity index (χ0n) is 11.0. The number of amides is 2. The number of alkyl halides is 3. The second-order valence-corrected chi connectivity index (χ2v) is 5.48. The van der Waals surface area contributed by atoms with Crippen LogP contribution in [0.2, 0.25) is 0 Å². The maximum atomic E-state index is 12.6. The van der Waals surface area contributed by atoms with Crippen LogP contribution in [0.5, 0.6) is 0 Å². The molecule has 2 N–H and O–H groups in total. The van der Waals surface area contributed by atoms with Crippen molar-refractivity contribution >= 4 is 12.0 Å². The normalized spacial score (nSPS) is 17.6. The molecule has 0 spiro atoms. The van der Waals surface area contributed by atoms with E-state index < -0.39 is 35.9 Å². The molecular formula is C11H17F3N2O3. The molecule has 19 heavy (non-hydrogen) atoms. The third kappa shape index (κ3) is 4.60. The molecule has 0 unspecified atom stereocenters. The Morgan fingerprint density at radius 3 is 2.11 bits per heavy atom. The van der Waals surface area contributed by atoms with Gasteiger partial charge in [-0.1, -0.05) is 0 Å². The summed E-state index contributed by atoms with van der Waals surface area (Å²) in [5, 5.41) is 3.99. The molecule has 0 aromatic rings. The molecule has 1 aliphatic rings. The van der Waals surface area contributed by atoms with Gasteiger partial charge in [-0.2, -0.15) is 13.2 Å². The van der Waals surface area contributed by atoms with E-state index in [-0.39, 0.29) is 12.8 Å². The first-order chi connectivity index (χ1) is 8.45. The van der Waals surface area contributed by atoms with Crippen molar-refractivity contribution < 1.29 is 27.5 Å². The summed E-state index contributed by atoms with van der Waals surface area (Å²) in [6, 6.07) is 0. The molecule has 2 amide bonds. The van der Waals surface area contributed by atoms with E-state index in [2.05, 4.69) is 5.32 Å². The number of carbonyl (C=O) groups excluding carboxylic acids is 2. The van der Waals surface area contributed by atoms with Crippen molar-refractivity contribution in [2.24, 2.45) is 0 Å². The summed E-state index contributed by atoms with van der Waals surface area (Å²) >= 11 is 0. The molecule has 1 saturated carbocycles. The lowest BCUT2D eigenvalue weighted by molar-refractivity contribution is -0.170. The standard InChI is InChI=1S/C11H17F3N2O3/c1-9(2,3)19-8(18)15-6-7(17)16-10(4-5-10)11(12,13)14/h4-6H2,1-3H3,(H,15,18)(H,16,17). The van der Waals surface area contributed by atoms with Gasteiger partial charge >= 0.3 is 12.3 Å². The van der Waals surface area contributed by atoms with Crippen molar-refractivity contribution in [2.45, 2.75) is 50.9 Å². The van der Waals surface area contributed by atoms with Crippen LogP contribution < -0.4 is 10.6 Å². The largest absolute Gasteiger partial charge is 0.444 e. The van der Waals surface area contributed by atoms with Gasteiger partial charge in [0.25, 0.3) is 0 Å². The van der Waals surface area contributed by atoms with Crippen molar-refractivity contribution in [3.05, 3.63) is 0 Å². The first-order valence-corrected chi connectivity index (χ1v) is 5.80. The smallest absolute Gasteiger partial charge is 0.411 e. The molecule has 110 valence electrons. The quantitative estimate of drug-likeness (QED) is 0.828. The fourth-order valence-corrected chi connectivity index (χ4v) is 1.38. The van der Waals surface area contributed by atoms with E-state index in [1.807, 2.05) is 5.32 Å². The van der Waals surface area contributed by atoms with Crippen LogP contribution >= 0.6 is 0 Å². The molecule has 1 rings (SSSR count). The summed E-state index contributed by atoms with van der Waals surface area (Å²) in [5.74, 6) is -0.888. The number of rotatable bonds is 3.